The molecular weight excluding hydrogens is 370 g/mol. The van der Waals surface area contributed by atoms with Crippen LogP contribution in [0.4, 0.5) is 8.78 Å². The molecule has 8 heteroatoms. The van der Waals surface area contributed by atoms with Crippen LogP contribution in [0.5, 0.6) is 11.5 Å². The van der Waals surface area contributed by atoms with Crippen molar-refractivity contribution in [2.24, 2.45) is 0 Å². The fourth-order valence-electron chi connectivity index (χ4n) is 2.60. The van der Waals surface area contributed by atoms with Crippen LogP contribution in [0.1, 0.15) is 29.3 Å². The zero-order chi connectivity index (χ0) is 20.7. The Hall–Kier alpha value is -3.16. The van der Waals surface area contributed by atoms with Gasteiger partial charge in [-0.1, -0.05) is 6.07 Å². The van der Waals surface area contributed by atoms with E-state index in [-0.39, 0.29) is 30.2 Å². The van der Waals surface area contributed by atoms with Gasteiger partial charge in [-0.05, 0) is 56.2 Å². The van der Waals surface area contributed by atoms with E-state index in [1.165, 1.54) is 30.4 Å². The van der Waals surface area contributed by atoms with Gasteiger partial charge in [0.2, 0.25) is 5.91 Å². The number of hydrogen-bond donors (Lipinski definition) is 2. The monoisotopic (exact) mass is 392 g/mol. The van der Waals surface area contributed by atoms with Crippen molar-refractivity contribution in [1.29, 1.82) is 0 Å². The second-order valence-corrected chi connectivity index (χ2v) is 6.01. The highest BCUT2D eigenvalue weighted by molar-refractivity contribution is 5.91. The van der Waals surface area contributed by atoms with E-state index in [2.05, 4.69) is 15.0 Å². The molecule has 1 aromatic heterocycles. The van der Waals surface area contributed by atoms with Gasteiger partial charge in [-0.15, -0.1) is 0 Å². The van der Waals surface area contributed by atoms with E-state index in [4.69, 9.17) is 4.74 Å². The Bertz CT molecular complexity index is 923. The van der Waals surface area contributed by atoms with E-state index in [1.807, 2.05) is 6.07 Å². The lowest BCUT2D eigenvalue weighted by Crippen LogP contribution is -2.26. The summed E-state index contributed by atoms with van der Waals surface area (Å²) in [7, 11) is 0. The Kier molecular flexibility index (Phi) is 7.31. The molecule has 0 aliphatic carbocycles. The molecule has 28 heavy (non-hydrogen) atoms. The SMILES string of the molecule is CCOc1cc(/C=C/C(=O)NCc2c(C)cc(C)[nH]c2=O)ccc1OC(F)F. The van der Waals surface area contributed by atoms with Crippen molar-refractivity contribution in [1.82, 2.24) is 10.3 Å². The summed E-state index contributed by atoms with van der Waals surface area (Å²) in [5.41, 5.74) is 2.37. The highest BCUT2D eigenvalue weighted by Gasteiger charge is 2.11. The van der Waals surface area contributed by atoms with Gasteiger partial charge in [0.15, 0.2) is 11.5 Å². The van der Waals surface area contributed by atoms with Crippen LogP contribution >= 0.6 is 0 Å². The first kappa shape index (κ1) is 21.1. The van der Waals surface area contributed by atoms with Crippen molar-refractivity contribution in [2.75, 3.05) is 6.61 Å². The number of halogens is 2. The number of aromatic amines is 1. The Morgan fingerprint density at radius 3 is 2.64 bits per heavy atom. The van der Waals surface area contributed by atoms with Crippen LogP contribution in [0.3, 0.4) is 0 Å². The summed E-state index contributed by atoms with van der Waals surface area (Å²) in [6.45, 7) is 2.72. The molecule has 0 saturated heterocycles. The third-order valence-corrected chi connectivity index (χ3v) is 3.84. The molecule has 0 radical (unpaired) electrons. The first-order valence-electron chi connectivity index (χ1n) is 8.67. The van der Waals surface area contributed by atoms with Crippen molar-refractivity contribution in [3.8, 4) is 11.5 Å². The number of ether oxygens (including phenoxy) is 2. The summed E-state index contributed by atoms with van der Waals surface area (Å²) in [6.07, 6.45) is 2.80. The van der Waals surface area contributed by atoms with Gasteiger partial charge in [0.1, 0.15) is 0 Å². The number of pyridine rings is 1. The average Bonchev–Trinajstić information content (AvgIpc) is 2.60. The van der Waals surface area contributed by atoms with Crippen molar-refractivity contribution in [3.05, 3.63) is 63.1 Å². The number of benzene rings is 1. The maximum absolute atomic E-state index is 12.4. The van der Waals surface area contributed by atoms with E-state index in [9.17, 15) is 18.4 Å². The highest BCUT2D eigenvalue weighted by atomic mass is 19.3. The smallest absolute Gasteiger partial charge is 0.387 e. The van der Waals surface area contributed by atoms with E-state index in [0.717, 1.165) is 11.3 Å². The first-order valence-corrected chi connectivity index (χ1v) is 8.67. The Labute approximate surface area is 161 Å². The van der Waals surface area contributed by atoms with Crippen LogP contribution in [0, 0.1) is 13.8 Å². The van der Waals surface area contributed by atoms with Gasteiger partial charge in [-0.2, -0.15) is 8.78 Å². The second-order valence-electron chi connectivity index (χ2n) is 6.01. The van der Waals surface area contributed by atoms with Crippen LogP contribution in [0.25, 0.3) is 6.08 Å². The molecule has 0 aliphatic heterocycles. The summed E-state index contributed by atoms with van der Waals surface area (Å²) in [5.74, 6) is -0.315. The molecule has 0 aliphatic rings. The lowest BCUT2D eigenvalue weighted by molar-refractivity contribution is -0.116. The molecule has 2 rings (SSSR count). The van der Waals surface area contributed by atoms with E-state index < -0.39 is 12.5 Å². The molecule has 6 nitrogen and oxygen atoms in total. The van der Waals surface area contributed by atoms with Crippen molar-refractivity contribution in [2.45, 2.75) is 33.9 Å². The molecule has 1 heterocycles. The minimum absolute atomic E-state index is 0.0764. The Morgan fingerprint density at radius 1 is 1.25 bits per heavy atom. The zero-order valence-electron chi connectivity index (χ0n) is 15.8. The molecule has 150 valence electrons. The molecule has 0 fully saturated rings. The van der Waals surface area contributed by atoms with Crippen LogP contribution in [0.2, 0.25) is 0 Å². The van der Waals surface area contributed by atoms with Gasteiger partial charge >= 0.3 is 6.61 Å². The van der Waals surface area contributed by atoms with E-state index in [0.29, 0.717) is 11.1 Å². The summed E-state index contributed by atoms with van der Waals surface area (Å²) in [4.78, 5) is 26.7. The fraction of sp³-hybridized carbons (Fsp3) is 0.300. The summed E-state index contributed by atoms with van der Waals surface area (Å²) >= 11 is 0. The fourth-order valence-corrected chi connectivity index (χ4v) is 2.60. The average molecular weight is 392 g/mol. The Morgan fingerprint density at radius 2 is 2.00 bits per heavy atom. The minimum Gasteiger partial charge on any atom is -0.490 e. The third kappa shape index (κ3) is 5.94. The molecule has 2 N–H and O–H groups in total. The topological polar surface area (TPSA) is 80.4 Å². The van der Waals surface area contributed by atoms with Crippen LogP contribution < -0.4 is 20.3 Å². The maximum atomic E-state index is 12.4. The van der Waals surface area contributed by atoms with Gasteiger partial charge in [-0.25, -0.2) is 0 Å². The van der Waals surface area contributed by atoms with Crippen LogP contribution in [-0.2, 0) is 11.3 Å². The molecule has 1 amide bonds. The largest absolute Gasteiger partial charge is 0.490 e. The number of nitrogens with one attached hydrogen (secondary N) is 2. The molecule has 0 unspecified atom stereocenters. The normalized spacial score (nSPS) is 11.1. The number of hydrogen-bond acceptors (Lipinski definition) is 4. The number of aryl methyl sites for hydroxylation is 2. The maximum Gasteiger partial charge on any atom is 0.387 e. The number of aromatic nitrogens is 1. The molecule has 0 saturated carbocycles. The van der Waals surface area contributed by atoms with Crippen LogP contribution in [0.15, 0.2) is 35.1 Å². The summed E-state index contributed by atoms with van der Waals surface area (Å²) in [6, 6.07) is 6.21. The van der Waals surface area contributed by atoms with Crippen molar-refractivity contribution in [3.63, 3.8) is 0 Å². The van der Waals surface area contributed by atoms with Gasteiger partial charge in [0.05, 0.1) is 6.61 Å². The van der Waals surface area contributed by atoms with Crippen molar-refractivity contribution < 1.29 is 23.0 Å². The molecule has 1 aromatic carbocycles. The standard InChI is InChI=1S/C20H22F2N2O4/c1-4-27-17-10-14(5-7-16(17)28-20(21)22)6-8-18(25)23-11-15-12(2)9-13(3)24-19(15)26/h5-10,20H,4,11H2,1-3H3,(H,23,25)(H,24,26)/b8-6+. The molecule has 2 aromatic rings. The summed E-state index contributed by atoms with van der Waals surface area (Å²) in [5, 5.41) is 2.65. The van der Waals surface area contributed by atoms with Gasteiger partial charge in [0, 0.05) is 23.9 Å². The molecule has 0 spiro atoms. The summed E-state index contributed by atoms with van der Waals surface area (Å²) < 4.78 is 34.6. The Balaban J connectivity index is 2.05. The van der Waals surface area contributed by atoms with E-state index >= 15 is 0 Å². The number of H-pyrrole nitrogens is 1. The number of rotatable bonds is 8. The highest BCUT2D eigenvalue weighted by Crippen LogP contribution is 2.30. The lowest BCUT2D eigenvalue weighted by Gasteiger charge is -2.11. The van der Waals surface area contributed by atoms with Gasteiger partial charge in [-0.3, -0.25) is 9.59 Å². The first-order chi connectivity index (χ1) is 13.3. The second kappa shape index (κ2) is 9.68. The molecular formula is C20H22F2N2O4. The number of amides is 1. The minimum atomic E-state index is -2.96. The quantitative estimate of drug-likeness (QED) is 0.676. The van der Waals surface area contributed by atoms with Gasteiger partial charge in [0.25, 0.3) is 5.56 Å². The predicted molar refractivity (Wildman–Crippen MR) is 102 cm³/mol. The predicted octanol–water partition coefficient (Wildman–Crippen LogP) is 3.32. The van der Waals surface area contributed by atoms with E-state index in [1.54, 1.807) is 20.8 Å². The molecule has 0 bridgehead atoms. The molecule has 0 atom stereocenters. The number of carbonyl (C=O) groups excluding carboxylic acids is 1. The third-order valence-electron chi connectivity index (χ3n) is 3.84. The van der Waals surface area contributed by atoms with Crippen LogP contribution in [-0.4, -0.2) is 24.1 Å². The van der Waals surface area contributed by atoms with Gasteiger partial charge < -0.3 is 19.8 Å². The van der Waals surface area contributed by atoms with Crippen molar-refractivity contribution >= 4 is 12.0 Å². The number of carbonyl (C=O) groups is 1. The zero-order valence-corrected chi connectivity index (χ0v) is 15.8. The number of alkyl halides is 2. The lowest BCUT2D eigenvalue weighted by atomic mass is 10.1.